The summed E-state index contributed by atoms with van der Waals surface area (Å²) in [5, 5.41) is 20.2. The number of nitrogens with zero attached hydrogens (tertiary/aromatic N) is 2. The van der Waals surface area contributed by atoms with Gasteiger partial charge in [-0.3, -0.25) is 4.79 Å². The zero-order valence-corrected chi connectivity index (χ0v) is 13.6. The van der Waals surface area contributed by atoms with Crippen LogP contribution in [0.15, 0.2) is 28.7 Å². The van der Waals surface area contributed by atoms with E-state index in [1.165, 1.54) is 0 Å². The van der Waals surface area contributed by atoms with Crippen LogP contribution in [0.3, 0.4) is 0 Å². The van der Waals surface area contributed by atoms with Crippen LogP contribution in [0.5, 0.6) is 0 Å². The Bertz CT molecular complexity index is 622. The van der Waals surface area contributed by atoms with Gasteiger partial charge >= 0.3 is 0 Å². The first kappa shape index (κ1) is 17.1. The number of aryl methyl sites for hydroxylation is 2. The van der Waals surface area contributed by atoms with E-state index < -0.39 is 6.10 Å². The van der Waals surface area contributed by atoms with Gasteiger partial charge in [-0.25, -0.2) is 0 Å². The Morgan fingerprint density at radius 2 is 2.04 bits per heavy atom. The molecule has 0 saturated heterocycles. The molecule has 0 aliphatic rings. The number of carbonyl (C=O) groups is 1. The largest absolute Gasteiger partial charge is 0.421 e. The lowest BCUT2D eigenvalue weighted by Crippen LogP contribution is -2.32. The van der Waals surface area contributed by atoms with Crippen molar-refractivity contribution in [3.63, 3.8) is 0 Å². The van der Waals surface area contributed by atoms with Crippen molar-refractivity contribution < 1.29 is 14.3 Å². The van der Waals surface area contributed by atoms with Crippen molar-refractivity contribution in [2.24, 2.45) is 0 Å². The van der Waals surface area contributed by atoms with Gasteiger partial charge in [0.25, 0.3) is 0 Å². The predicted octanol–water partition coefficient (Wildman–Crippen LogP) is 2.25. The molecule has 1 heterocycles. The van der Waals surface area contributed by atoms with E-state index in [2.05, 4.69) is 15.5 Å². The first-order valence-corrected chi connectivity index (χ1v) is 7.92. The number of aromatic nitrogens is 2. The van der Waals surface area contributed by atoms with Crippen LogP contribution in [0.25, 0.3) is 11.5 Å². The average Bonchev–Trinajstić information content (AvgIpc) is 3.01. The number of benzene rings is 1. The molecule has 0 radical (unpaired) electrons. The van der Waals surface area contributed by atoms with Crippen LogP contribution in [0, 0.1) is 6.92 Å². The Labute approximate surface area is 135 Å². The maximum absolute atomic E-state index is 11.7. The molecule has 1 unspecified atom stereocenters. The van der Waals surface area contributed by atoms with Gasteiger partial charge in [-0.1, -0.05) is 31.0 Å². The van der Waals surface area contributed by atoms with Crippen LogP contribution < -0.4 is 5.32 Å². The Morgan fingerprint density at radius 3 is 2.74 bits per heavy atom. The van der Waals surface area contributed by atoms with Crippen LogP contribution in [0.1, 0.15) is 37.6 Å². The molecule has 2 N–H and O–H groups in total. The monoisotopic (exact) mass is 317 g/mol. The third-order valence-electron chi connectivity index (χ3n) is 3.49. The fraction of sp³-hybridized carbons (Fsp3) is 0.471. The summed E-state index contributed by atoms with van der Waals surface area (Å²) < 4.78 is 5.57. The number of hydrogen-bond acceptors (Lipinski definition) is 5. The van der Waals surface area contributed by atoms with E-state index in [4.69, 9.17) is 4.42 Å². The number of aliphatic hydroxyl groups is 1. The zero-order chi connectivity index (χ0) is 16.7. The van der Waals surface area contributed by atoms with Crippen molar-refractivity contribution in [2.75, 3.05) is 6.54 Å². The minimum atomic E-state index is -0.486. The summed E-state index contributed by atoms with van der Waals surface area (Å²) in [7, 11) is 0. The van der Waals surface area contributed by atoms with Crippen molar-refractivity contribution in [1.29, 1.82) is 0 Å². The van der Waals surface area contributed by atoms with Gasteiger partial charge in [0.05, 0.1) is 6.10 Å². The molecule has 1 atom stereocenters. The van der Waals surface area contributed by atoms with E-state index in [0.29, 0.717) is 24.6 Å². The van der Waals surface area contributed by atoms with Gasteiger partial charge in [0, 0.05) is 24.9 Å². The zero-order valence-electron chi connectivity index (χ0n) is 13.6. The highest BCUT2D eigenvalue weighted by atomic mass is 16.4. The topological polar surface area (TPSA) is 88.2 Å². The summed E-state index contributed by atoms with van der Waals surface area (Å²) in [6, 6.07) is 7.81. The molecule has 0 saturated carbocycles. The molecular weight excluding hydrogens is 294 g/mol. The van der Waals surface area contributed by atoms with Crippen molar-refractivity contribution >= 4 is 5.91 Å². The molecule has 1 aromatic heterocycles. The van der Waals surface area contributed by atoms with Crippen molar-refractivity contribution in [3.05, 3.63) is 35.7 Å². The fourth-order valence-electron chi connectivity index (χ4n) is 2.14. The van der Waals surface area contributed by atoms with Crippen LogP contribution in [-0.2, 0) is 11.2 Å². The van der Waals surface area contributed by atoms with Gasteiger partial charge in [-0.15, -0.1) is 10.2 Å². The third-order valence-corrected chi connectivity index (χ3v) is 3.49. The summed E-state index contributed by atoms with van der Waals surface area (Å²) in [4.78, 5) is 11.7. The molecule has 2 rings (SSSR count). The Hall–Kier alpha value is -2.21. The normalized spacial score (nSPS) is 12.1. The summed E-state index contributed by atoms with van der Waals surface area (Å²) in [5.41, 5.74) is 2.02. The van der Waals surface area contributed by atoms with Crippen molar-refractivity contribution in [2.45, 2.75) is 45.6 Å². The molecule has 1 amide bonds. The highest BCUT2D eigenvalue weighted by Crippen LogP contribution is 2.18. The molecular formula is C17H23N3O3. The van der Waals surface area contributed by atoms with Gasteiger partial charge in [-0.05, 0) is 25.5 Å². The van der Waals surface area contributed by atoms with Crippen LogP contribution in [0.2, 0.25) is 0 Å². The molecule has 124 valence electrons. The van der Waals surface area contributed by atoms with Crippen molar-refractivity contribution in [1.82, 2.24) is 15.5 Å². The molecule has 2 aromatic rings. The van der Waals surface area contributed by atoms with Gasteiger partial charge in [-0.2, -0.15) is 0 Å². The molecule has 23 heavy (non-hydrogen) atoms. The second-order valence-corrected chi connectivity index (χ2v) is 5.61. The molecule has 0 bridgehead atoms. The molecule has 6 nitrogen and oxygen atoms in total. The van der Waals surface area contributed by atoms with Crippen molar-refractivity contribution in [3.8, 4) is 11.5 Å². The molecule has 0 spiro atoms. The van der Waals surface area contributed by atoms with E-state index in [-0.39, 0.29) is 18.9 Å². The van der Waals surface area contributed by atoms with E-state index in [1.807, 2.05) is 38.1 Å². The second kappa shape index (κ2) is 8.43. The smallest absolute Gasteiger partial charge is 0.247 e. The van der Waals surface area contributed by atoms with Crippen LogP contribution in [0.4, 0.5) is 0 Å². The van der Waals surface area contributed by atoms with Gasteiger partial charge < -0.3 is 14.8 Å². The first-order valence-electron chi connectivity index (χ1n) is 7.92. The van der Waals surface area contributed by atoms with E-state index in [0.717, 1.165) is 17.5 Å². The molecule has 0 aliphatic heterocycles. The summed E-state index contributed by atoms with van der Waals surface area (Å²) in [5.74, 6) is 0.763. The van der Waals surface area contributed by atoms with Gasteiger partial charge in [0.15, 0.2) is 0 Å². The fourth-order valence-corrected chi connectivity index (χ4v) is 2.14. The lowest BCUT2D eigenvalue weighted by Gasteiger charge is -2.09. The van der Waals surface area contributed by atoms with E-state index in [9.17, 15) is 9.90 Å². The SMILES string of the molecule is CCCC(O)CNC(=O)CCc1nnc(-c2ccc(C)cc2)o1. The molecule has 0 fully saturated rings. The Balaban J connectivity index is 1.80. The highest BCUT2D eigenvalue weighted by Gasteiger charge is 2.11. The number of aliphatic hydroxyl groups excluding tert-OH is 1. The highest BCUT2D eigenvalue weighted by molar-refractivity contribution is 5.76. The van der Waals surface area contributed by atoms with Crippen LogP contribution in [-0.4, -0.2) is 33.9 Å². The maximum atomic E-state index is 11.7. The lowest BCUT2D eigenvalue weighted by atomic mass is 10.1. The number of nitrogens with one attached hydrogen (secondary N) is 1. The number of hydrogen-bond donors (Lipinski definition) is 2. The van der Waals surface area contributed by atoms with E-state index in [1.54, 1.807) is 0 Å². The molecule has 6 heteroatoms. The standard InChI is InChI=1S/C17H23N3O3/c1-3-4-14(21)11-18-15(22)9-10-16-19-20-17(23-16)13-7-5-12(2)6-8-13/h5-8,14,21H,3-4,9-11H2,1-2H3,(H,18,22). The minimum absolute atomic E-state index is 0.129. The lowest BCUT2D eigenvalue weighted by molar-refractivity contribution is -0.121. The number of carbonyl (C=O) groups excluding carboxylic acids is 1. The summed E-state index contributed by atoms with van der Waals surface area (Å²) in [6.45, 7) is 4.29. The summed E-state index contributed by atoms with van der Waals surface area (Å²) in [6.07, 6.45) is 1.73. The minimum Gasteiger partial charge on any atom is -0.421 e. The third kappa shape index (κ3) is 5.49. The maximum Gasteiger partial charge on any atom is 0.247 e. The first-order chi connectivity index (χ1) is 11.1. The predicted molar refractivity (Wildman–Crippen MR) is 86.7 cm³/mol. The number of amides is 1. The molecule has 0 aliphatic carbocycles. The summed E-state index contributed by atoms with van der Waals surface area (Å²) >= 11 is 0. The number of rotatable bonds is 8. The average molecular weight is 317 g/mol. The van der Waals surface area contributed by atoms with Crippen LogP contribution >= 0.6 is 0 Å². The van der Waals surface area contributed by atoms with E-state index >= 15 is 0 Å². The Kier molecular flexibility index (Phi) is 6.29. The van der Waals surface area contributed by atoms with Gasteiger partial charge in [0.1, 0.15) is 0 Å². The van der Waals surface area contributed by atoms with Gasteiger partial charge in [0.2, 0.25) is 17.7 Å². The quantitative estimate of drug-likeness (QED) is 0.779. The molecule has 1 aromatic carbocycles. The Morgan fingerprint density at radius 1 is 1.30 bits per heavy atom. The second-order valence-electron chi connectivity index (χ2n) is 5.61.